The van der Waals surface area contributed by atoms with Gasteiger partial charge >= 0.3 is 6.18 Å². The van der Waals surface area contributed by atoms with Crippen molar-refractivity contribution in [3.8, 4) is 0 Å². The molecule has 0 aliphatic heterocycles. The van der Waals surface area contributed by atoms with Crippen LogP contribution in [0.4, 0.5) is 13.2 Å². The zero-order valence-corrected chi connectivity index (χ0v) is 12.6. The summed E-state index contributed by atoms with van der Waals surface area (Å²) in [6.45, 7) is -0.0400. The largest absolute Gasteiger partial charge is 0.416 e. The average molecular weight is 348 g/mol. The quantitative estimate of drug-likeness (QED) is 0.836. The Labute approximate surface area is 134 Å². The zero-order valence-electron chi connectivity index (χ0n) is 11.0. The van der Waals surface area contributed by atoms with Crippen molar-refractivity contribution < 1.29 is 18.0 Å². The number of alkyl halides is 3. The van der Waals surface area contributed by atoms with Crippen LogP contribution in [0.15, 0.2) is 42.5 Å². The Morgan fingerprint density at radius 1 is 1.09 bits per heavy atom. The molecule has 0 unspecified atom stereocenters. The van der Waals surface area contributed by atoms with Crippen LogP contribution in [0, 0.1) is 0 Å². The summed E-state index contributed by atoms with van der Waals surface area (Å²) in [4.78, 5) is 12.0. The van der Waals surface area contributed by atoms with Crippen molar-refractivity contribution >= 4 is 29.1 Å². The van der Waals surface area contributed by atoms with Crippen molar-refractivity contribution in [3.63, 3.8) is 0 Å². The van der Waals surface area contributed by atoms with E-state index < -0.39 is 17.6 Å². The fourth-order valence-electron chi connectivity index (χ4n) is 1.81. The first-order chi connectivity index (χ1) is 10.3. The van der Waals surface area contributed by atoms with E-state index in [0.717, 1.165) is 12.1 Å². The van der Waals surface area contributed by atoms with Crippen LogP contribution in [0.25, 0.3) is 0 Å². The van der Waals surface area contributed by atoms with Crippen LogP contribution >= 0.6 is 23.2 Å². The SMILES string of the molecule is O=C(NCc1cccc(C(F)(F)F)c1)c1ccc(Cl)cc1Cl. The van der Waals surface area contributed by atoms with Gasteiger partial charge in [0.25, 0.3) is 5.91 Å². The van der Waals surface area contributed by atoms with Crippen LogP contribution in [0.5, 0.6) is 0 Å². The van der Waals surface area contributed by atoms with Crippen molar-refractivity contribution in [2.45, 2.75) is 12.7 Å². The Kier molecular flexibility index (Phi) is 4.98. The lowest BCUT2D eigenvalue weighted by Crippen LogP contribution is -2.23. The molecule has 0 heterocycles. The third-order valence-corrected chi connectivity index (χ3v) is 3.43. The van der Waals surface area contributed by atoms with E-state index in [4.69, 9.17) is 23.2 Å². The number of hydrogen-bond acceptors (Lipinski definition) is 1. The van der Waals surface area contributed by atoms with Crippen LogP contribution in [-0.2, 0) is 12.7 Å². The number of nitrogens with one attached hydrogen (secondary N) is 1. The molecule has 0 saturated heterocycles. The van der Waals surface area contributed by atoms with Gasteiger partial charge in [0.1, 0.15) is 0 Å². The molecule has 0 aromatic heterocycles. The van der Waals surface area contributed by atoms with Gasteiger partial charge in [0.2, 0.25) is 0 Å². The van der Waals surface area contributed by atoms with Gasteiger partial charge in [-0.25, -0.2) is 0 Å². The minimum atomic E-state index is -4.42. The van der Waals surface area contributed by atoms with Gasteiger partial charge < -0.3 is 5.32 Å². The van der Waals surface area contributed by atoms with E-state index in [2.05, 4.69) is 5.32 Å². The lowest BCUT2D eigenvalue weighted by Gasteiger charge is -2.10. The predicted octanol–water partition coefficient (Wildman–Crippen LogP) is 4.94. The summed E-state index contributed by atoms with van der Waals surface area (Å²) < 4.78 is 37.8. The molecule has 0 atom stereocenters. The molecule has 0 aliphatic rings. The van der Waals surface area contributed by atoms with Crippen LogP contribution < -0.4 is 5.32 Å². The second-order valence-electron chi connectivity index (χ2n) is 4.50. The third kappa shape index (κ3) is 4.15. The summed E-state index contributed by atoms with van der Waals surface area (Å²) in [7, 11) is 0. The number of amides is 1. The Hall–Kier alpha value is -1.72. The van der Waals surface area contributed by atoms with Crippen molar-refractivity contribution in [2.24, 2.45) is 0 Å². The molecule has 1 amide bonds. The first-order valence-corrected chi connectivity index (χ1v) is 6.92. The van der Waals surface area contributed by atoms with Crippen molar-refractivity contribution in [3.05, 3.63) is 69.2 Å². The molecule has 116 valence electrons. The van der Waals surface area contributed by atoms with Crippen molar-refractivity contribution in [1.29, 1.82) is 0 Å². The molecule has 1 N–H and O–H groups in total. The van der Waals surface area contributed by atoms with Gasteiger partial charge in [0.15, 0.2) is 0 Å². The molecule has 0 bridgehead atoms. The van der Waals surface area contributed by atoms with E-state index in [1.165, 1.54) is 30.3 Å². The fourth-order valence-corrected chi connectivity index (χ4v) is 2.30. The molecule has 2 nitrogen and oxygen atoms in total. The predicted molar refractivity (Wildman–Crippen MR) is 79.1 cm³/mol. The van der Waals surface area contributed by atoms with E-state index in [1.54, 1.807) is 0 Å². The molecule has 0 radical (unpaired) electrons. The molecule has 0 fully saturated rings. The first kappa shape index (κ1) is 16.6. The highest BCUT2D eigenvalue weighted by Crippen LogP contribution is 2.29. The zero-order chi connectivity index (χ0) is 16.3. The Balaban J connectivity index is 2.08. The van der Waals surface area contributed by atoms with E-state index >= 15 is 0 Å². The summed E-state index contributed by atoms with van der Waals surface area (Å²) in [6, 6.07) is 9.13. The lowest BCUT2D eigenvalue weighted by molar-refractivity contribution is -0.137. The van der Waals surface area contributed by atoms with Gasteiger partial charge in [0, 0.05) is 11.6 Å². The molecule has 22 heavy (non-hydrogen) atoms. The maximum Gasteiger partial charge on any atom is 0.416 e. The number of carbonyl (C=O) groups excluding carboxylic acids is 1. The van der Waals surface area contributed by atoms with Crippen LogP contribution in [0.2, 0.25) is 10.0 Å². The first-order valence-electron chi connectivity index (χ1n) is 6.17. The van der Waals surface area contributed by atoms with Gasteiger partial charge in [0.05, 0.1) is 16.1 Å². The van der Waals surface area contributed by atoms with E-state index in [9.17, 15) is 18.0 Å². The summed E-state index contributed by atoms with van der Waals surface area (Å²) in [5.41, 5.74) is -0.213. The van der Waals surface area contributed by atoms with Gasteiger partial charge in [-0.2, -0.15) is 13.2 Å². The molecule has 0 spiro atoms. The molecule has 2 aromatic carbocycles. The van der Waals surface area contributed by atoms with Gasteiger partial charge in [-0.3, -0.25) is 4.79 Å². The molecular formula is C15H10Cl2F3NO. The van der Waals surface area contributed by atoms with Crippen LogP contribution in [0.1, 0.15) is 21.5 Å². The summed E-state index contributed by atoms with van der Waals surface area (Å²) in [6.07, 6.45) is -4.42. The fraction of sp³-hybridized carbons (Fsp3) is 0.133. The number of hydrogen-bond donors (Lipinski definition) is 1. The number of benzene rings is 2. The monoisotopic (exact) mass is 347 g/mol. The summed E-state index contributed by atoms with van der Waals surface area (Å²) in [5.74, 6) is -0.487. The minimum absolute atomic E-state index is 0.0400. The summed E-state index contributed by atoms with van der Waals surface area (Å²) in [5, 5.41) is 3.08. The van der Waals surface area contributed by atoms with E-state index in [-0.39, 0.29) is 17.1 Å². The maximum absolute atomic E-state index is 12.6. The maximum atomic E-state index is 12.6. The number of rotatable bonds is 3. The van der Waals surface area contributed by atoms with Crippen molar-refractivity contribution in [2.75, 3.05) is 0 Å². The smallest absolute Gasteiger partial charge is 0.348 e. The second kappa shape index (κ2) is 6.58. The second-order valence-corrected chi connectivity index (χ2v) is 5.35. The van der Waals surface area contributed by atoms with Crippen LogP contribution in [0.3, 0.4) is 0 Å². The molecule has 7 heteroatoms. The highest BCUT2D eigenvalue weighted by Gasteiger charge is 2.30. The Morgan fingerprint density at radius 2 is 1.82 bits per heavy atom. The highest BCUT2D eigenvalue weighted by molar-refractivity contribution is 6.36. The number of carbonyl (C=O) groups is 1. The van der Waals surface area contributed by atoms with E-state index in [1.807, 2.05) is 0 Å². The lowest BCUT2D eigenvalue weighted by atomic mass is 10.1. The Morgan fingerprint density at radius 3 is 2.45 bits per heavy atom. The molecular weight excluding hydrogens is 338 g/mol. The molecule has 2 aromatic rings. The van der Waals surface area contributed by atoms with Gasteiger partial charge in [-0.05, 0) is 35.9 Å². The van der Waals surface area contributed by atoms with Gasteiger partial charge in [-0.1, -0.05) is 35.3 Å². The van der Waals surface area contributed by atoms with Crippen LogP contribution in [-0.4, -0.2) is 5.91 Å². The molecule has 0 saturated carbocycles. The van der Waals surface area contributed by atoms with Crippen molar-refractivity contribution in [1.82, 2.24) is 5.32 Å². The Bertz CT molecular complexity index is 701. The number of halogens is 5. The highest BCUT2D eigenvalue weighted by atomic mass is 35.5. The molecule has 2 rings (SSSR count). The van der Waals surface area contributed by atoms with E-state index in [0.29, 0.717) is 10.6 Å². The third-order valence-electron chi connectivity index (χ3n) is 2.88. The normalized spacial score (nSPS) is 11.3. The average Bonchev–Trinajstić information content (AvgIpc) is 2.44. The molecule has 0 aliphatic carbocycles. The summed E-state index contributed by atoms with van der Waals surface area (Å²) >= 11 is 11.6. The standard InChI is InChI=1S/C15H10Cl2F3NO/c16-11-4-5-12(13(17)7-11)14(22)21-8-9-2-1-3-10(6-9)15(18,19)20/h1-7H,8H2,(H,21,22). The minimum Gasteiger partial charge on any atom is -0.348 e. The van der Waals surface area contributed by atoms with Gasteiger partial charge in [-0.15, -0.1) is 0 Å². The topological polar surface area (TPSA) is 29.1 Å².